The van der Waals surface area contributed by atoms with Gasteiger partial charge in [-0.1, -0.05) is 31.1 Å². The normalized spacial score (nSPS) is 12.0. The number of aromatic nitrogens is 1. The molecule has 0 saturated heterocycles. The highest BCUT2D eigenvalue weighted by Crippen LogP contribution is 2.19. The average molecular weight is 394 g/mol. The van der Waals surface area contributed by atoms with Gasteiger partial charge in [-0.05, 0) is 43.3 Å². The highest BCUT2D eigenvalue weighted by Gasteiger charge is 2.21. The molecule has 0 saturated carbocycles. The van der Waals surface area contributed by atoms with Crippen molar-refractivity contribution in [2.45, 2.75) is 33.3 Å². The van der Waals surface area contributed by atoms with Gasteiger partial charge in [0.2, 0.25) is 11.7 Å². The summed E-state index contributed by atoms with van der Waals surface area (Å²) in [6.07, 6.45) is -1.04. The van der Waals surface area contributed by atoms with Crippen LogP contribution in [0.25, 0.3) is 11.0 Å². The van der Waals surface area contributed by atoms with Gasteiger partial charge >= 0.3 is 5.97 Å². The fraction of sp³-hybridized carbons (Fsp3) is 0.273. The molecule has 0 aliphatic rings. The summed E-state index contributed by atoms with van der Waals surface area (Å²) in [4.78, 5) is 36.5. The van der Waals surface area contributed by atoms with Crippen molar-refractivity contribution >= 4 is 34.3 Å². The summed E-state index contributed by atoms with van der Waals surface area (Å²) in [6, 6.07) is 13.7. The van der Waals surface area contributed by atoms with Crippen molar-refractivity contribution in [2.24, 2.45) is 5.92 Å². The molecule has 7 heteroatoms. The third-order valence-electron chi connectivity index (χ3n) is 4.40. The molecule has 1 N–H and O–H groups in total. The van der Waals surface area contributed by atoms with Crippen LogP contribution in [0.3, 0.4) is 0 Å². The van der Waals surface area contributed by atoms with Crippen molar-refractivity contribution in [1.29, 1.82) is 0 Å². The maximum absolute atomic E-state index is 12.5. The highest BCUT2D eigenvalue weighted by atomic mass is 16.5. The Balaban J connectivity index is 1.59. The van der Waals surface area contributed by atoms with Crippen LogP contribution in [0, 0.1) is 5.92 Å². The van der Waals surface area contributed by atoms with Crippen LogP contribution in [-0.4, -0.2) is 28.9 Å². The summed E-state index contributed by atoms with van der Waals surface area (Å²) in [5.74, 6) is -1.14. The summed E-state index contributed by atoms with van der Waals surface area (Å²) >= 11 is 0. The minimum Gasteiger partial charge on any atom is -0.454 e. The summed E-state index contributed by atoms with van der Waals surface area (Å²) in [6.45, 7) is 5.12. The van der Waals surface area contributed by atoms with E-state index in [1.165, 1.54) is 6.92 Å². The smallest absolute Gasteiger partial charge is 0.312 e. The molecule has 0 bridgehead atoms. The monoisotopic (exact) mass is 394 g/mol. The molecule has 1 atom stereocenters. The number of carbonyl (C=O) groups excluding carboxylic acids is 3. The van der Waals surface area contributed by atoms with Crippen molar-refractivity contribution < 1.29 is 23.6 Å². The minimum atomic E-state index is -0.947. The number of hydrogen-bond acceptors (Lipinski definition) is 6. The fourth-order valence-electron chi connectivity index (χ4n) is 2.73. The van der Waals surface area contributed by atoms with Gasteiger partial charge in [-0.15, -0.1) is 0 Å². The average Bonchev–Trinajstić information content (AvgIpc) is 3.10. The van der Waals surface area contributed by atoms with Gasteiger partial charge in [0.05, 0.1) is 6.42 Å². The summed E-state index contributed by atoms with van der Waals surface area (Å²) in [7, 11) is 0. The number of amides is 1. The highest BCUT2D eigenvalue weighted by molar-refractivity contribution is 6.01. The molecule has 1 aromatic heterocycles. The standard InChI is InChI=1S/C22H22N2O5/c1-13(2)22(27)23-16-10-8-15(9-11-16)21(26)14(3)28-20(25)12-18-17-6-4-5-7-19(17)29-24-18/h4-11,13-14H,12H2,1-3H3,(H,23,27)/t14-/m0/s1. The Hall–Kier alpha value is -3.48. The lowest BCUT2D eigenvalue weighted by Gasteiger charge is -2.13. The van der Waals surface area contributed by atoms with E-state index in [4.69, 9.17) is 9.26 Å². The molecule has 3 rings (SSSR count). The molecule has 29 heavy (non-hydrogen) atoms. The van der Waals surface area contributed by atoms with E-state index in [1.807, 2.05) is 18.2 Å². The summed E-state index contributed by atoms with van der Waals surface area (Å²) in [5, 5.41) is 7.39. The second-order valence-electron chi connectivity index (χ2n) is 7.02. The second-order valence-corrected chi connectivity index (χ2v) is 7.02. The Morgan fingerprint density at radius 3 is 2.41 bits per heavy atom. The molecule has 0 aliphatic carbocycles. The lowest BCUT2D eigenvalue weighted by atomic mass is 10.1. The quantitative estimate of drug-likeness (QED) is 0.484. The number of Topliss-reactive ketones (excluding diaryl/α,β-unsaturated/α-hetero) is 1. The minimum absolute atomic E-state index is 0.0885. The maximum Gasteiger partial charge on any atom is 0.312 e. The Kier molecular flexibility index (Phi) is 6.07. The summed E-state index contributed by atoms with van der Waals surface area (Å²) in [5.41, 5.74) is 2.04. The number of carbonyl (C=O) groups is 3. The van der Waals surface area contributed by atoms with Crippen LogP contribution >= 0.6 is 0 Å². The Labute approximate surface area is 168 Å². The van der Waals surface area contributed by atoms with E-state index >= 15 is 0 Å². The van der Waals surface area contributed by atoms with Gasteiger partial charge in [-0.2, -0.15) is 0 Å². The number of esters is 1. The van der Waals surface area contributed by atoms with Gasteiger partial charge in [0.25, 0.3) is 0 Å². The Bertz CT molecular complexity index is 1040. The summed E-state index contributed by atoms with van der Waals surface area (Å²) < 4.78 is 10.4. The molecule has 7 nitrogen and oxygen atoms in total. The first-order chi connectivity index (χ1) is 13.8. The number of benzene rings is 2. The van der Waals surface area contributed by atoms with Gasteiger partial charge in [0.15, 0.2) is 11.7 Å². The molecule has 1 amide bonds. The number of fused-ring (bicyclic) bond motifs is 1. The fourth-order valence-corrected chi connectivity index (χ4v) is 2.73. The van der Waals surface area contributed by atoms with Crippen LogP contribution in [-0.2, 0) is 20.7 Å². The number of rotatable bonds is 7. The number of hydrogen-bond donors (Lipinski definition) is 1. The van der Waals surface area contributed by atoms with E-state index in [0.717, 1.165) is 5.39 Å². The van der Waals surface area contributed by atoms with E-state index in [0.29, 0.717) is 22.5 Å². The van der Waals surface area contributed by atoms with Crippen LogP contribution in [0.5, 0.6) is 0 Å². The van der Waals surface area contributed by atoms with Gasteiger partial charge in [-0.3, -0.25) is 14.4 Å². The molecular weight excluding hydrogens is 372 g/mol. The number of nitrogens with one attached hydrogen (secondary N) is 1. The zero-order valence-electron chi connectivity index (χ0n) is 16.5. The number of para-hydroxylation sites is 1. The van der Waals surface area contributed by atoms with Crippen LogP contribution in [0.4, 0.5) is 5.69 Å². The molecule has 150 valence electrons. The largest absolute Gasteiger partial charge is 0.454 e. The van der Waals surface area contributed by atoms with E-state index in [1.54, 1.807) is 44.2 Å². The molecule has 2 aromatic carbocycles. The molecule has 0 aliphatic heterocycles. The SMILES string of the molecule is CC(C)C(=O)Nc1ccc(C(=O)[C@H](C)OC(=O)Cc2noc3ccccc23)cc1. The lowest BCUT2D eigenvalue weighted by molar-refractivity contribution is -0.145. The van der Waals surface area contributed by atoms with Crippen LogP contribution in [0.1, 0.15) is 36.8 Å². The molecule has 3 aromatic rings. The van der Waals surface area contributed by atoms with Gasteiger partial charge in [-0.25, -0.2) is 0 Å². The van der Waals surface area contributed by atoms with E-state index in [9.17, 15) is 14.4 Å². The molecule has 0 spiro atoms. The van der Waals surface area contributed by atoms with Gasteiger partial charge < -0.3 is 14.6 Å². The lowest BCUT2D eigenvalue weighted by Crippen LogP contribution is -2.25. The third-order valence-corrected chi connectivity index (χ3v) is 4.40. The molecule has 0 fully saturated rings. The maximum atomic E-state index is 12.5. The van der Waals surface area contributed by atoms with E-state index in [-0.39, 0.29) is 24.0 Å². The topological polar surface area (TPSA) is 98.5 Å². The molecule has 0 radical (unpaired) electrons. The van der Waals surface area contributed by atoms with Crippen molar-refractivity contribution in [3.05, 3.63) is 59.8 Å². The first kappa shape index (κ1) is 20.3. The van der Waals surface area contributed by atoms with Gasteiger partial charge in [0.1, 0.15) is 5.69 Å². The zero-order chi connectivity index (χ0) is 21.0. The number of nitrogens with zero attached hydrogens (tertiary/aromatic N) is 1. The predicted molar refractivity (Wildman–Crippen MR) is 108 cm³/mol. The van der Waals surface area contributed by atoms with E-state index in [2.05, 4.69) is 10.5 Å². The van der Waals surface area contributed by atoms with Crippen molar-refractivity contribution in [3.63, 3.8) is 0 Å². The van der Waals surface area contributed by atoms with Crippen molar-refractivity contribution in [1.82, 2.24) is 5.16 Å². The number of anilines is 1. The van der Waals surface area contributed by atoms with Crippen molar-refractivity contribution in [2.75, 3.05) is 5.32 Å². The third kappa shape index (κ3) is 4.87. The zero-order valence-corrected chi connectivity index (χ0v) is 16.5. The van der Waals surface area contributed by atoms with Gasteiger partial charge in [0, 0.05) is 22.6 Å². The van der Waals surface area contributed by atoms with Crippen molar-refractivity contribution in [3.8, 4) is 0 Å². The van der Waals surface area contributed by atoms with Crippen LogP contribution in [0.15, 0.2) is 53.1 Å². The first-order valence-electron chi connectivity index (χ1n) is 9.33. The molecular formula is C22H22N2O5. The van der Waals surface area contributed by atoms with Crippen LogP contribution in [0.2, 0.25) is 0 Å². The molecule has 1 heterocycles. The number of ether oxygens (including phenoxy) is 1. The Morgan fingerprint density at radius 2 is 1.72 bits per heavy atom. The number of ketones is 1. The Morgan fingerprint density at radius 1 is 1.03 bits per heavy atom. The first-order valence-corrected chi connectivity index (χ1v) is 9.33. The van der Waals surface area contributed by atoms with E-state index < -0.39 is 12.1 Å². The molecule has 0 unspecified atom stereocenters. The second kappa shape index (κ2) is 8.68. The van der Waals surface area contributed by atoms with Crippen LogP contribution < -0.4 is 5.32 Å². The predicted octanol–water partition coefficient (Wildman–Crippen LogP) is 3.78.